The number of nitrogens with zero attached hydrogens (tertiary/aromatic N) is 1. The molecule has 2 N–H and O–H groups in total. The van der Waals surface area contributed by atoms with Gasteiger partial charge >= 0.3 is 0 Å². The van der Waals surface area contributed by atoms with E-state index in [4.69, 9.17) is 5.73 Å². The SMILES string of the molecule is CC(C)(C)C1CCCN(C(=O)C2CCCC2N)CC1.Cl. The van der Waals surface area contributed by atoms with E-state index in [9.17, 15) is 4.79 Å². The molecule has 0 aromatic heterocycles. The minimum absolute atomic E-state index is 0. The van der Waals surface area contributed by atoms with E-state index in [-0.39, 0.29) is 24.4 Å². The Labute approximate surface area is 130 Å². The Morgan fingerprint density at radius 3 is 2.30 bits per heavy atom. The van der Waals surface area contributed by atoms with Crippen molar-refractivity contribution in [3.63, 3.8) is 0 Å². The van der Waals surface area contributed by atoms with Crippen molar-refractivity contribution >= 4 is 18.3 Å². The summed E-state index contributed by atoms with van der Waals surface area (Å²) in [5.74, 6) is 1.17. The second-order valence-electron chi connectivity index (χ2n) is 7.52. The average Bonchev–Trinajstić information content (AvgIpc) is 2.62. The van der Waals surface area contributed by atoms with Crippen LogP contribution in [-0.2, 0) is 4.79 Å². The van der Waals surface area contributed by atoms with E-state index in [1.54, 1.807) is 0 Å². The van der Waals surface area contributed by atoms with Gasteiger partial charge in [0.1, 0.15) is 0 Å². The summed E-state index contributed by atoms with van der Waals surface area (Å²) in [6, 6.07) is 0.106. The topological polar surface area (TPSA) is 46.3 Å². The van der Waals surface area contributed by atoms with Gasteiger partial charge in [-0.3, -0.25) is 4.79 Å². The van der Waals surface area contributed by atoms with Crippen LogP contribution < -0.4 is 5.73 Å². The molecule has 1 aliphatic carbocycles. The first kappa shape index (κ1) is 17.8. The Bertz CT molecular complexity index is 327. The molecule has 1 aliphatic heterocycles. The summed E-state index contributed by atoms with van der Waals surface area (Å²) >= 11 is 0. The molecule has 1 heterocycles. The van der Waals surface area contributed by atoms with Crippen LogP contribution >= 0.6 is 12.4 Å². The lowest BCUT2D eigenvalue weighted by Crippen LogP contribution is -2.42. The minimum Gasteiger partial charge on any atom is -0.342 e. The van der Waals surface area contributed by atoms with Crippen molar-refractivity contribution in [2.45, 2.75) is 65.3 Å². The van der Waals surface area contributed by atoms with Gasteiger partial charge in [-0.2, -0.15) is 0 Å². The van der Waals surface area contributed by atoms with E-state index in [0.29, 0.717) is 11.3 Å². The molecule has 0 radical (unpaired) electrons. The second-order valence-corrected chi connectivity index (χ2v) is 7.52. The third-order valence-corrected chi connectivity index (χ3v) is 5.15. The normalized spacial score (nSPS) is 31.6. The lowest BCUT2D eigenvalue weighted by atomic mass is 9.77. The van der Waals surface area contributed by atoms with Crippen molar-refractivity contribution < 1.29 is 4.79 Å². The van der Waals surface area contributed by atoms with Gasteiger partial charge in [-0.05, 0) is 43.4 Å². The summed E-state index contributed by atoms with van der Waals surface area (Å²) in [6.45, 7) is 8.84. The third-order valence-electron chi connectivity index (χ3n) is 5.15. The van der Waals surface area contributed by atoms with Gasteiger partial charge in [0.2, 0.25) is 5.91 Å². The van der Waals surface area contributed by atoms with Gasteiger partial charge in [0, 0.05) is 19.1 Å². The van der Waals surface area contributed by atoms with Crippen LogP contribution in [-0.4, -0.2) is 29.9 Å². The molecule has 118 valence electrons. The molecule has 3 unspecified atom stereocenters. The van der Waals surface area contributed by atoms with Gasteiger partial charge in [0.15, 0.2) is 0 Å². The van der Waals surface area contributed by atoms with Gasteiger partial charge in [-0.1, -0.05) is 27.2 Å². The fourth-order valence-electron chi connectivity index (χ4n) is 3.71. The molecule has 2 rings (SSSR count). The van der Waals surface area contributed by atoms with E-state index < -0.39 is 0 Å². The number of amides is 1. The lowest BCUT2D eigenvalue weighted by Gasteiger charge is -2.30. The smallest absolute Gasteiger partial charge is 0.227 e. The summed E-state index contributed by atoms with van der Waals surface area (Å²) < 4.78 is 0. The van der Waals surface area contributed by atoms with Crippen molar-refractivity contribution in [2.24, 2.45) is 23.0 Å². The molecule has 1 saturated carbocycles. The maximum atomic E-state index is 12.6. The van der Waals surface area contributed by atoms with Crippen molar-refractivity contribution in [1.29, 1.82) is 0 Å². The Balaban J connectivity index is 0.00000200. The fraction of sp³-hybridized carbons (Fsp3) is 0.938. The molecule has 20 heavy (non-hydrogen) atoms. The summed E-state index contributed by atoms with van der Waals surface area (Å²) in [4.78, 5) is 14.7. The van der Waals surface area contributed by atoms with E-state index in [0.717, 1.165) is 51.1 Å². The van der Waals surface area contributed by atoms with E-state index in [2.05, 4.69) is 25.7 Å². The molecular weight excluding hydrogens is 272 g/mol. The Morgan fingerprint density at radius 1 is 1.05 bits per heavy atom. The molecule has 1 amide bonds. The minimum atomic E-state index is 0. The first-order chi connectivity index (χ1) is 8.89. The van der Waals surface area contributed by atoms with Crippen LogP contribution in [0.25, 0.3) is 0 Å². The van der Waals surface area contributed by atoms with Crippen molar-refractivity contribution in [3.8, 4) is 0 Å². The van der Waals surface area contributed by atoms with Crippen LogP contribution in [0, 0.1) is 17.3 Å². The Hall–Kier alpha value is -0.280. The zero-order chi connectivity index (χ0) is 14.0. The maximum Gasteiger partial charge on any atom is 0.227 e. The first-order valence-corrected chi connectivity index (χ1v) is 7.94. The average molecular weight is 303 g/mol. The molecule has 4 heteroatoms. The highest BCUT2D eigenvalue weighted by atomic mass is 35.5. The van der Waals surface area contributed by atoms with Crippen molar-refractivity contribution in [1.82, 2.24) is 4.90 Å². The number of rotatable bonds is 1. The molecular formula is C16H31ClN2O. The number of nitrogens with two attached hydrogens (primary N) is 1. The van der Waals surface area contributed by atoms with Gasteiger partial charge in [-0.15, -0.1) is 12.4 Å². The number of hydrogen-bond donors (Lipinski definition) is 1. The zero-order valence-corrected chi connectivity index (χ0v) is 14.0. The van der Waals surface area contributed by atoms with Crippen LogP contribution in [0.4, 0.5) is 0 Å². The third kappa shape index (κ3) is 4.11. The molecule has 2 fully saturated rings. The Kier molecular flexibility index (Phi) is 6.33. The van der Waals surface area contributed by atoms with Crippen molar-refractivity contribution in [2.75, 3.05) is 13.1 Å². The van der Waals surface area contributed by atoms with Gasteiger partial charge in [0.25, 0.3) is 0 Å². The molecule has 0 bridgehead atoms. The van der Waals surface area contributed by atoms with Gasteiger partial charge in [0.05, 0.1) is 5.92 Å². The van der Waals surface area contributed by atoms with Crippen LogP contribution in [0.15, 0.2) is 0 Å². The number of likely N-dealkylation sites (tertiary alicyclic amines) is 1. The lowest BCUT2D eigenvalue weighted by molar-refractivity contribution is -0.135. The van der Waals surface area contributed by atoms with Crippen LogP contribution in [0.5, 0.6) is 0 Å². The molecule has 0 spiro atoms. The highest BCUT2D eigenvalue weighted by Gasteiger charge is 2.35. The first-order valence-electron chi connectivity index (χ1n) is 7.94. The van der Waals surface area contributed by atoms with Crippen LogP contribution in [0.1, 0.15) is 59.3 Å². The van der Waals surface area contributed by atoms with Gasteiger partial charge < -0.3 is 10.6 Å². The summed E-state index contributed by atoms with van der Waals surface area (Å²) in [6.07, 6.45) is 6.70. The highest BCUT2D eigenvalue weighted by Crippen LogP contribution is 2.35. The number of halogens is 1. The fourth-order valence-corrected chi connectivity index (χ4v) is 3.71. The van der Waals surface area contributed by atoms with Crippen LogP contribution in [0.3, 0.4) is 0 Å². The standard InChI is InChI=1S/C16H30N2O.ClH/c1-16(2,3)12-6-5-10-18(11-9-12)15(19)13-7-4-8-14(13)17;/h12-14H,4-11,17H2,1-3H3;1H. The highest BCUT2D eigenvalue weighted by molar-refractivity contribution is 5.85. The number of carbonyl (C=O) groups is 1. The van der Waals surface area contributed by atoms with E-state index >= 15 is 0 Å². The molecule has 0 aromatic carbocycles. The second kappa shape index (κ2) is 7.13. The van der Waals surface area contributed by atoms with Crippen LogP contribution in [0.2, 0.25) is 0 Å². The molecule has 2 aliphatic rings. The maximum absolute atomic E-state index is 12.6. The monoisotopic (exact) mass is 302 g/mol. The van der Waals surface area contributed by atoms with E-state index in [1.807, 2.05) is 0 Å². The quantitative estimate of drug-likeness (QED) is 0.808. The summed E-state index contributed by atoms with van der Waals surface area (Å²) in [7, 11) is 0. The number of hydrogen-bond acceptors (Lipinski definition) is 2. The molecule has 1 saturated heterocycles. The van der Waals surface area contributed by atoms with Crippen molar-refractivity contribution in [3.05, 3.63) is 0 Å². The molecule has 3 atom stereocenters. The predicted molar refractivity (Wildman–Crippen MR) is 85.9 cm³/mol. The number of carbonyl (C=O) groups excluding carboxylic acids is 1. The molecule has 3 nitrogen and oxygen atoms in total. The summed E-state index contributed by atoms with van der Waals surface area (Å²) in [5, 5.41) is 0. The molecule has 0 aromatic rings. The van der Waals surface area contributed by atoms with E-state index in [1.165, 1.54) is 6.42 Å². The predicted octanol–water partition coefficient (Wildman–Crippen LogP) is 3.21. The Morgan fingerprint density at radius 2 is 1.75 bits per heavy atom. The zero-order valence-electron chi connectivity index (χ0n) is 13.2. The summed E-state index contributed by atoms with van der Waals surface area (Å²) in [5.41, 5.74) is 6.44. The van der Waals surface area contributed by atoms with Gasteiger partial charge in [-0.25, -0.2) is 0 Å². The largest absolute Gasteiger partial charge is 0.342 e.